The number of urea groups is 1. The predicted octanol–water partition coefficient (Wildman–Crippen LogP) is 3.04. The number of anilines is 1. The van der Waals surface area contributed by atoms with Crippen molar-refractivity contribution in [2.24, 2.45) is 0 Å². The maximum Gasteiger partial charge on any atom is 0.321 e. The highest BCUT2D eigenvalue weighted by Gasteiger charge is 2.17. The van der Waals surface area contributed by atoms with Crippen LogP contribution in [0.1, 0.15) is 31.7 Å². The molecule has 1 N–H and O–H groups in total. The van der Waals surface area contributed by atoms with Gasteiger partial charge in [0, 0.05) is 25.7 Å². The van der Waals surface area contributed by atoms with E-state index in [9.17, 15) is 4.79 Å². The van der Waals surface area contributed by atoms with E-state index in [0.29, 0.717) is 32.1 Å². The van der Waals surface area contributed by atoms with E-state index < -0.39 is 0 Å². The van der Waals surface area contributed by atoms with E-state index in [1.54, 1.807) is 11.9 Å². The molecule has 1 aromatic carbocycles. The van der Waals surface area contributed by atoms with E-state index in [2.05, 4.69) is 19.2 Å². The van der Waals surface area contributed by atoms with Gasteiger partial charge in [0.1, 0.15) is 0 Å². The molecule has 1 fully saturated rings. The summed E-state index contributed by atoms with van der Waals surface area (Å²) in [7, 11) is 1.77. The molecule has 0 aromatic heterocycles. The van der Waals surface area contributed by atoms with Crippen molar-refractivity contribution in [3.8, 4) is 0 Å². The van der Waals surface area contributed by atoms with Crippen LogP contribution in [0.3, 0.4) is 0 Å². The highest BCUT2D eigenvalue weighted by Crippen LogP contribution is 2.17. The van der Waals surface area contributed by atoms with E-state index in [0.717, 1.165) is 5.69 Å². The second-order valence-electron chi connectivity index (χ2n) is 5.59. The lowest BCUT2D eigenvalue weighted by Gasteiger charge is -2.19. The number of hydrogen-bond donors (Lipinski definition) is 1. The van der Waals surface area contributed by atoms with Crippen LogP contribution in [0.4, 0.5) is 10.5 Å². The molecule has 0 radical (unpaired) electrons. The Kier molecular flexibility index (Phi) is 5.59. The lowest BCUT2D eigenvalue weighted by molar-refractivity contribution is -0.0488. The average Bonchev–Trinajstić information content (AvgIpc) is 2.98. The second kappa shape index (κ2) is 7.43. The molecule has 1 aliphatic rings. The summed E-state index contributed by atoms with van der Waals surface area (Å²) < 4.78 is 10.7. The highest BCUT2D eigenvalue weighted by molar-refractivity contribution is 5.89. The Morgan fingerprint density at radius 2 is 1.90 bits per heavy atom. The van der Waals surface area contributed by atoms with Gasteiger partial charge in [0.05, 0.1) is 13.2 Å². The Bertz CT molecular complexity index is 453. The Balaban J connectivity index is 1.79. The van der Waals surface area contributed by atoms with E-state index >= 15 is 0 Å². The van der Waals surface area contributed by atoms with Gasteiger partial charge in [-0.05, 0) is 23.6 Å². The molecular formula is C16H24N2O3. The van der Waals surface area contributed by atoms with Gasteiger partial charge in [-0.1, -0.05) is 26.0 Å². The molecular weight excluding hydrogens is 268 g/mol. The summed E-state index contributed by atoms with van der Waals surface area (Å²) in [6, 6.07) is 7.83. The highest BCUT2D eigenvalue weighted by atomic mass is 16.7. The minimum atomic E-state index is -0.175. The number of carbonyl (C=O) groups excluding carboxylic acids is 1. The van der Waals surface area contributed by atoms with Crippen LogP contribution in [0.15, 0.2) is 24.3 Å². The third kappa shape index (κ3) is 4.72. The molecule has 21 heavy (non-hydrogen) atoms. The summed E-state index contributed by atoms with van der Waals surface area (Å²) in [5, 5.41) is 2.89. The summed E-state index contributed by atoms with van der Waals surface area (Å²) in [5.41, 5.74) is 2.07. The van der Waals surface area contributed by atoms with Crippen LogP contribution in [-0.4, -0.2) is 44.0 Å². The molecule has 0 aliphatic carbocycles. The third-order valence-electron chi connectivity index (χ3n) is 3.57. The van der Waals surface area contributed by atoms with E-state index in [-0.39, 0.29) is 12.3 Å². The lowest BCUT2D eigenvalue weighted by Crippen LogP contribution is -2.33. The zero-order valence-corrected chi connectivity index (χ0v) is 13.0. The molecule has 0 bridgehead atoms. The van der Waals surface area contributed by atoms with Crippen molar-refractivity contribution >= 4 is 11.7 Å². The molecule has 5 nitrogen and oxygen atoms in total. The quantitative estimate of drug-likeness (QED) is 0.907. The first-order valence-electron chi connectivity index (χ1n) is 7.41. The van der Waals surface area contributed by atoms with Crippen LogP contribution in [-0.2, 0) is 9.47 Å². The number of carbonyl (C=O) groups is 1. The topological polar surface area (TPSA) is 50.8 Å². The number of nitrogens with zero attached hydrogens (tertiary/aromatic N) is 1. The zero-order chi connectivity index (χ0) is 15.2. The fourth-order valence-corrected chi connectivity index (χ4v) is 2.14. The number of benzene rings is 1. The molecule has 0 atom stereocenters. The summed E-state index contributed by atoms with van der Waals surface area (Å²) in [5.74, 6) is 0.490. The summed E-state index contributed by atoms with van der Waals surface area (Å²) in [4.78, 5) is 13.7. The first-order valence-corrected chi connectivity index (χ1v) is 7.41. The molecule has 0 spiro atoms. The van der Waals surface area contributed by atoms with E-state index in [4.69, 9.17) is 9.47 Å². The van der Waals surface area contributed by atoms with Crippen LogP contribution in [0, 0.1) is 0 Å². The van der Waals surface area contributed by atoms with Gasteiger partial charge in [-0.15, -0.1) is 0 Å². The summed E-state index contributed by atoms with van der Waals surface area (Å²) in [6.45, 7) is 6.18. The standard InChI is InChI=1S/C16H24N2O3/c1-12(2)13-4-6-14(7-5-13)17-16(19)18(3)9-8-15-20-10-11-21-15/h4-7,12,15H,8-11H2,1-3H3,(H,17,19). The Labute approximate surface area is 126 Å². The first-order chi connectivity index (χ1) is 10.1. The van der Waals surface area contributed by atoms with Crippen LogP contribution in [0.25, 0.3) is 0 Å². The van der Waals surface area contributed by atoms with Gasteiger partial charge in [0.15, 0.2) is 6.29 Å². The minimum absolute atomic E-state index is 0.120. The third-order valence-corrected chi connectivity index (χ3v) is 3.57. The molecule has 1 aromatic rings. The van der Waals surface area contributed by atoms with Crippen molar-refractivity contribution in [1.29, 1.82) is 0 Å². The van der Waals surface area contributed by atoms with Crippen LogP contribution < -0.4 is 5.32 Å². The predicted molar refractivity (Wildman–Crippen MR) is 82.5 cm³/mol. The van der Waals surface area contributed by atoms with Gasteiger partial charge >= 0.3 is 6.03 Å². The first kappa shape index (κ1) is 15.8. The van der Waals surface area contributed by atoms with Gasteiger partial charge in [-0.25, -0.2) is 4.79 Å². The van der Waals surface area contributed by atoms with Gasteiger partial charge in [-0.2, -0.15) is 0 Å². The fraction of sp³-hybridized carbons (Fsp3) is 0.562. The molecule has 0 saturated carbocycles. The molecule has 2 rings (SSSR count). The number of ether oxygens (including phenoxy) is 2. The monoisotopic (exact) mass is 292 g/mol. The van der Waals surface area contributed by atoms with Crippen molar-refractivity contribution in [2.45, 2.75) is 32.5 Å². The molecule has 1 saturated heterocycles. The fourth-order valence-electron chi connectivity index (χ4n) is 2.14. The van der Waals surface area contributed by atoms with Crippen LogP contribution in [0.2, 0.25) is 0 Å². The number of amides is 2. The largest absolute Gasteiger partial charge is 0.350 e. The molecule has 5 heteroatoms. The van der Waals surface area contributed by atoms with Crippen LogP contribution >= 0.6 is 0 Å². The number of hydrogen-bond acceptors (Lipinski definition) is 3. The SMILES string of the molecule is CC(C)c1ccc(NC(=O)N(C)CCC2OCCO2)cc1. The van der Waals surface area contributed by atoms with Gasteiger partial charge in [0.2, 0.25) is 0 Å². The van der Waals surface area contributed by atoms with Gasteiger partial charge < -0.3 is 19.7 Å². The maximum atomic E-state index is 12.1. The van der Waals surface area contributed by atoms with Crippen LogP contribution in [0.5, 0.6) is 0 Å². The second-order valence-corrected chi connectivity index (χ2v) is 5.59. The molecule has 1 heterocycles. The summed E-state index contributed by atoms with van der Waals surface area (Å²) in [6.07, 6.45) is 0.515. The molecule has 0 unspecified atom stereocenters. The van der Waals surface area contributed by atoms with Crippen molar-refractivity contribution in [2.75, 3.05) is 32.1 Å². The molecule has 2 amide bonds. The normalized spacial score (nSPS) is 15.4. The Hall–Kier alpha value is -1.59. The van der Waals surface area contributed by atoms with Gasteiger partial charge in [0.25, 0.3) is 0 Å². The van der Waals surface area contributed by atoms with E-state index in [1.807, 2.05) is 24.3 Å². The molecule has 116 valence electrons. The number of rotatable bonds is 5. The van der Waals surface area contributed by atoms with Crippen molar-refractivity contribution < 1.29 is 14.3 Å². The Morgan fingerprint density at radius 1 is 1.29 bits per heavy atom. The lowest BCUT2D eigenvalue weighted by atomic mass is 10.0. The maximum absolute atomic E-state index is 12.1. The Morgan fingerprint density at radius 3 is 2.48 bits per heavy atom. The van der Waals surface area contributed by atoms with E-state index in [1.165, 1.54) is 5.56 Å². The van der Waals surface area contributed by atoms with Crippen molar-refractivity contribution in [3.05, 3.63) is 29.8 Å². The number of nitrogens with one attached hydrogen (secondary N) is 1. The molecule has 1 aliphatic heterocycles. The minimum Gasteiger partial charge on any atom is -0.350 e. The van der Waals surface area contributed by atoms with Crippen molar-refractivity contribution in [1.82, 2.24) is 4.90 Å². The summed E-state index contributed by atoms with van der Waals surface area (Å²) >= 11 is 0. The van der Waals surface area contributed by atoms with Crippen molar-refractivity contribution in [3.63, 3.8) is 0 Å². The average molecular weight is 292 g/mol. The zero-order valence-electron chi connectivity index (χ0n) is 13.0. The van der Waals surface area contributed by atoms with Gasteiger partial charge in [-0.3, -0.25) is 0 Å². The smallest absolute Gasteiger partial charge is 0.321 e.